The van der Waals surface area contributed by atoms with Crippen LogP contribution in [0.25, 0.3) is 5.88 Å². The maximum Gasteiger partial charge on any atom is 0.256 e. The van der Waals surface area contributed by atoms with Gasteiger partial charge in [0.05, 0.1) is 0 Å². The van der Waals surface area contributed by atoms with Crippen LogP contribution in [-0.4, -0.2) is 10.5 Å². The molecule has 0 saturated carbocycles. The maximum absolute atomic E-state index is 13.3. The van der Waals surface area contributed by atoms with Gasteiger partial charge in [0, 0.05) is 18.9 Å². The predicted octanol–water partition coefficient (Wildman–Crippen LogP) is 3.63. The molecule has 2 aromatic heterocycles. The molecule has 5 nitrogen and oxygen atoms in total. The Kier molecular flexibility index (Phi) is 4.40. The second-order valence-electron chi connectivity index (χ2n) is 5.68. The van der Waals surface area contributed by atoms with Gasteiger partial charge in [-0.05, 0) is 43.2 Å². The standard InChI is InChI=1S/C19H16FN3O2/c1-12-9-14(5-6-16(12)20)11-22-18(24)17-13(2)25-19(15(17)10-21)23-7-3-4-8-23/h3-9H,11H2,1-2H3,(H,22,24). The first kappa shape index (κ1) is 16.5. The van der Waals surface area contributed by atoms with Gasteiger partial charge in [0.2, 0.25) is 5.88 Å². The number of hydrogen-bond acceptors (Lipinski definition) is 3. The molecule has 0 radical (unpaired) electrons. The van der Waals surface area contributed by atoms with Crippen molar-refractivity contribution in [2.24, 2.45) is 0 Å². The van der Waals surface area contributed by atoms with E-state index < -0.39 is 5.91 Å². The topological polar surface area (TPSA) is 71.0 Å². The highest BCUT2D eigenvalue weighted by Gasteiger charge is 2.24. The lowest BCUT2D eigenvalue weighted by atomic mass is 10.1. The SMILES string of the molecule is Cc1cc(CNC(=O)c2c(C)oc(-n3cccc3)c2C#N)ccc1F. The van der Waals surface area contributed by atoms with Gasteiger partial charge in [-0.2, -0.15) is 5.26 Å². The fourth-order valence-corrected chi connectivity index (χ4v) is 2.65. The molecule has 0 aliphatic rings. The van der Waals surface area contributed by atoms with Crippen LogP contribution in [0.15, 0.2) is 47.1 Å². The smallest absolute Gasteiger partial charge is 0.256 e. The zero-order valence-electron chi connectivity index (χ0n) is 13.8. The fraction of sp³-hybridized carbons (Fsp3) is 0.158. The van der Waals surface area contributed by atoms with Crippen LogP contribution in [0.1, 0.15) is 32.8 Å². The Hall–Kier alpha value is -3.33. The summed E-state index contributed by atoms with van der Waals surface area (Å²) in [6.07, 6.45) is 3.48. The summed E-state index contributed by atoms with van der Waals surface area (Å²) in [6.45, 7) is 3.54. The monoisotopic (exact) mass is 337 g/mol. The summed E-state index contributed by atoms with van der Waals surface area (Å²) < 4.78 is 20.6. The van der Waals surface area contributed by atoms with Crippen LogP contribution in [-0.2, 0) is 6.54 Å². The molecule has 0 aliphatic heterocycles. The summed E-state index contributed by atoms with van der Waals surface area (Å²) in [5.74, 6) is -0.0112. The average molecular weight is 337 g/mol. The predicted molar refractivity (Wildman–Crippen MR) is 89.8 cm³/mol. The Labute approximate surface area is 144 Å². The van der Waals surface area contributed by atoms with Gasteiger partial charge in [0.1, 0.15) is 28.8 Å². The van der Waals surface area contributed by atoms with Gasteiger partial charge in [-0.15, -0.1) is 0 Å². The largest absolute Gasteiger partial charge is 0.443 e. The van der Waals surface area contributed by atoms with E-state index in [4.69, 9.17) is 4.42 Å². The molecule has 3 aromatic rings. The van der Waals surface area contributed by atoms with Gasteiger partial charge >= 0.3 is 0 Å². The molecule has 1 N–H and O–H groups in total. The van der Waals surface area contributed by atoms with E-state index in [1.807, 2.05) is 6.07 Å². The first-order valence-electron chi connectivity index (χ1n) is 7.71. The van der Waals surface area contributed by atoms with Crippen LogP contribution in [0, 0.1) is 31.0 Å². The molecule has 2 heterocycles. The number of aryl methyl sites for hydroxylation is 2. The van der Waals surface area contributed by atoms with Crippen molar-refractivity contribution in [3.63, 3.8) is 0 Å². The highest BCUT2D eigenvalue weighted by atomic mass is 19.1. The van der Waals surface area contributed by atoms with Crippen LogP contribution < -0.4 is 5.32 Å². The number of rotatable bonds is 4. The van der Waals surface area contributed by atoms with Crippen LogP contribution in [0.4, 0.5) is 4.39 Å². The fourth-order valence-electron chi connectivity index (χ4n) is 2.65. The van der Waals surface area contributed by atoms with E-state index in [-0.39, 0.29) is 23.5 Å². The summed E-state index contributed by atoms with van der Waals surface area (Å²) in [7, 11) is 0. The molecule has 0 spiro atoms. The molecule has 0 unspecified atom stereocenters. The van der Waals surface area contributed by atoms with E-state index in [9.17, 15) is 14.4 Å². The molecular formula is C19H16FN3O2. The quantitative estimate of drug-likeness (QED) is 0.790. The summed E-state index contributed by atoms with van der Waals surface area (Å²) >= 11 is 0. The Balaban J connectivity index is 1.85. The second kappa shape index (κ2) is 6.65. The van der Waals surface area contributed by atoms with Crippen molar-refractivity contribution >= 4 is 5.91 Å². The van der Waals surface area contributed by atoms with Crippen molar-refractivity contribution in [3.8, 4) is 12.0 Å². The molecule has 3 rings (SSSR count). The third-order valence-corrected chi connectivity index (χ3v) is 3.92. The van der Waals surface area contributed by atoms with Gasteiger partial charge < -0.3 is 9.73 Å². The van der Waals surface area contributed by atoms with Gasteiger partial charge in [-0.1, -0.05) is 12.1 Å². The van der Waals surface area contributed by atoms with Crippen LogP contribution >= 0.6 is 0 Å². The molecule has 1 amide bonds. The Morgan fingerprint density at radius 3 is 2.68 bits per heavy atom. The zero-order chi connectivity index (χ0) is 18.0. The molecule has 6 heteroatoms. The normalized spacial score (nSPS) is 10.5. The van der Waals surface area contributed by atoms with Gasteiger partial charge in [-0.3, -0.25) is 9.36 Å². The molecule has 1 aromatic carbocycles. The summed E-state index contributed by atoms with van der Waals surface area (Å²) in [4.78, 5) is 12.5. The van der Waals surface area contributed by atoms with Crippen LogP contribution in [0.5, 0.6) is 0 Å². The molecule has 126 valence electrons. The first-order valence-corrected chi connectivity index (χ1v) is 7.71. The van der Waals surface area contributed by atoms with Crippen molar-refractivity contribution in [1.29, 1.82) is 5.26 Å². The van der Waals surface area contributed by atoms with Crippen molar-refractivity contribution in [3.05, 3.63) is 76.6 Å². The molecule has 0 bridgehead atoms. The van der Waals surface area contributed by atoms with E-state index in [0.29, 0.717) is 17.2 Å². The van der Waals surface area contributed by atoms with Gasteiger partial charge in [0.25, 0.3) is 5.91 Å². The third kappa shape index (κ3) is 3.17. The first-order chi connectivity index (χ1) is 12.0. The van der Waals surface area contributed by atoms with Crippen molar-refractivity contribution in [1.82, 2.24) is 9.88 Å². The average Bonchev–Trinajstić information content (AvgIpc) is 3.22. The number of furan rings is 1. The molecule has 0 saturated heterocycles. The number of nitrogens with one attached hydrogen (secondary N) is 1. The highest BCUT2D eigenvalue weighted by Crippen LogP contribution is 2.25. The summed E-state index contributed by atoms with van der Waals surface area (Å²) in [5, 5.41) is 12.2. The number of amides is 1. The Morgan fingerprint density at radius 2 is 2.04 bits per heavy atom. The van der Waals surface area contributed by atoms with E-state index in [0.717, 1.165) is 5.56 Å². The molecule has 25 heavy (non-hydrogen) atoms. The minimum atomic E-state index is -0.404. The van der Waals surface area contributed by atoms with E-state index in [2.05, 4.69) is 5.32 Å². The van der Waals surface area contributed by atoms with E-state index in [1.165, 1.54) is 6.07 Å². The van der Waals surface area contributed by atoms with Crippen LogP contribution in [0.2, 0.25) is 0 Å². The lowest BCUT2D eigenvalue weighted by Crippen LogP contribution is -2.24. The number of halogens is 1. The number of nitriles is 1. The number of aromatic nitrogens is 1. The minimum Gasteiger partial charge on any atom is -0.443 e. The third-order valence-electron chi connectivity index (χ3n) is 3.92. The van der Waals surface area contributed by atoms with Gasteiger partial charge in [0.15, 0.2) is 0 Å². The molecular weight excluding hydrogens is 321 g/mol. The molecule has 0 atom stereocenters. The van der Waals surface area contributed by atoms with Crippen molar-refractivity contribution in [2.45, 2.75) is 20.4 Å². The molecule has 0 aliphatic carbocycles. The highest BCUT2D eigenvalue weighted by molar-refractivity contribution is 5.98. The van der Waals surface area contributed by atoms with Gasteiger partial charge in [-0.25, -0.2) is 4.39 Å². The minimum absolute atomic E-state index is 0.182. The van der Waals surface area contributed by atoms with Crippen molar-refractivity contribution in [2.75, 3.05) is 0 Å². The van der Waals surface area contributed by atoms with E-state index in [1.54, 1.807) is 55.1 Å². The Morgan fingerprint density at radius 1 is 1.32 bits per heavy atom. The number of carbonyl (C=O) groups excluding carboxylic acids is 1. The zero-order valence-corrected chi connectivity index (χ0v) is 13.8. The number of carbonyl (C=O) groups is 1. The number of nitrogens with zero attached hydrogens (tertiary/aromatic N) is 2. The van der Waals surface area contributed by atoms with Crippen molar-refractivity contribution < 1.29 is 13.6 Å². The Bertz CT molecular complexity index is 965. The maximum atomic E-state index is 13.3. The lowest BCUT2D eigenvalue weighted by molar-refractivity contribution is 0.0949. The summed E-state index contributed by atoms with van der Waals surface area (Å²) in [6, 6.07) is 10.3. The lowest BCUT2D eigenvalue weighted by Gasteiger charge is -2.06. The molecule has 0 fully saturated rings. The summed E-state index contributed by atoms with van der Waals surface area (Å²) in [5.41, 5.74) is 1.68. The van der Waals surface area contributed by atoms with E-state index >= 15 is 0 Å². The number of hydrogen-bond donors (Lipinski definition) is 1. The second-order valence-corrected chi connectivity index (χ2v) is 5.68. The number of benzene rings is 1. The van der Waals surface area contributed by atoms with Crippen LogP contribution in [0.3, 0.4) is 0 Å².